The lowest BCUT2D eigenvalue weighted by Crippen LogP contribution is -2.61. The molecule has 0 atom stereocenters. The first-order valence-electron chi connectivity index (χ1n) is 10.6. The highest BCUT2D eigenvalue weighted by Crippen LogP contribution is 2.55. The number of hydrogen-bond donors (Lipinski definition) is 3. The third-order valence-electron chi connectivity index (χ3n) is 6.78. The van der Waals surface area contributed by atoms with Crippen molar-refractivity contribution >= 4 is 23.7 Å². The molecule has 1 aromatic carbocycles. The predicted octanol–water partition coefficient (Wildman–Crippen LogP) is 2.68. The Morgan fingerprint density at radius 1 is 1.13 bits per heavy atom. The van der Waals surface area contributed by atoms with Crippen molar-refractivity contribution in [3.63, 3.8) is 0 Å². The number of nitrogens with zero attached hydrogens (tertiary/aromatic N) is 3. The van der Waals surface area contributed by atoms with E-state index in [-0.39, 0.29) is 27.8 Å². The predicted molar refractivity (Wildman–Crippen MR) is 114 cm³/mol. The molecule has 4 fully saturated rings. The molecule has 0 unspecified atom stereocenters. The van der Waals surface area contributed by atoms with Crippen molar-refractivity contribution in [2.75, 3.05) is 11.6 Å². The molecule has 1 heterocycles. The van der Waals surface area contributed by atoms with Gasteiger partial charge in [-0.3, -0.25) is 10.1 Å². The number of nitrogen functional groups attached to an aromatic ring is 1. The molecule has 0 radical (unpaired) electrons. The minimum atomic E-state index is -0.461. The van der Waals surface area contributed by atoms with E-state index in [9.17, 15) is 14.0 Å². The van der Waals surface area contributed by atoms with Crippen molar-refractivity contribution in [1.82, 2.24) is 25.5 Å². The third-order valence-corrected chi connectivity index (χ3v) is 7.72. The summed E-state index contributed by atoms with van der Waals surface area (Å²) >= 11 is 1.04. The fraction of sp³-hybridized carbons (Fsp3) is 0.524. The highest BCUT2D eigenvalue weighted by molar-refractivity contribution is 7.99. The van der Waals surface area contributed by atoms with Gasteiger partial charge in [-0.25, -0.2) is 13.9 Å². The number of nitrogens with one attached hydrogen (secondary N) is 2. The van der Waals surface area contributed by atoms with Gasteiger partial charge in [0.25, 0.3) is 0 Å². The number of carbonyl (C=O) groups is 2. The maximum atomic E-state index is 14.0. The molecule has 4 bridgehead atoms. The van der Waals surface area contributed by atoms with E-state index in [0.717, 1.165) is 35.7 Å². The lowest BCUT2D eigenvalue weighted by atomic mass is 9.53. The maximum absolute atomic E-state index is 14.0. The van der Waals surface area contributed by atoms with E-state index in [1.807, 2.05) is 0 Å². The molecular formula is C21H25FN6O2S. The second kappa shape index (κ2) is 7.81. The summed E-state index contributed by atoms with van der Waals surface area (Å²) in [5.41, 5.74) is 0.0713. The van der Waals surface area contributed by atoms with Crippen molar-refractivity contribution in [1.29, 1.82) is 0 Å². The fourth-order valence-electron chi connectivity index (χ4n) is 6.03. The van der Waals surface area contributed by atoms with Crippen LogP contribution in [0.15, 0.2) is 29.4 Å². The number of thioether (sulfide) groups is 1. The van der Waals surface area contributed by atoms with Gasteiger partial charge >= 0.3 is 6.03 Å². The highest BCUT2D eigenvalue weighted by Gasteiger charge is 2.51. The number of imide groups is 1. The van der Waals surface area contributed by atoms with Crippen molar-refractivity contribution in [2.45, 2.75) is 49.2 Å². The summed E-state index contributed by atoms with van der Waals surface area (Å²) in [6.45, 7) is 0. The topological polar surface area (TPSA) is 115 Å². The average molecular weight is 445 g/mol. The van der Waals surface area contributed by atoms with Gasteiger partial charge in [0.2, 0.25) is 11.1 Å². The van der Waals surface area contributed by atoms with Crippen molar-refractivity contribution in [2.24, 2.45) is 17.8 Å². The van der Waals surface area contributed by atoms with Crippen molar-refractivity contribution in [3.8, 4) is 11.4 Å². The maximum Gasteiger partial charge on any atom is 0.321 e. The summed E-state index contributed by atoms with van der Waals surface area (Å²) in [4.78, 5) is 24.8. The Labute approximate surface area is 183 Å². The minimum absolute atomic E-state index is 0.0547. The molecule has 31 heavy (non-hydrogen) atoms. The van der Waals surface area contributed by atoms with Gasteiger partial charge < -0.3 is 11.2 Å². The molecule has 0 saturated heterocycles. The van der Waals surface area contributed by atoms with Crippen LogP contribution in [0.4, 0.5) is 9.18 Å². The first-order valence-corrected chi connectivity index (χ1v) is 11.6. The van der Waals surface area contributed by atoms with E-state index < -0.39 is 17.8 Å². The van der Waals surface area contributed by atoms with Gasteiger partial charge in [0, 0.05) is 5.54 Å². The number of aromatic nitrogens is 3. The number of carbonyl (C=O) groups excluding carboxylic acids is 2. The van der Waals surface area contributed by atoms with Crippen LogP contribution >= 0.6 is 11.8 Å². The Morgan fingerprint density at radius 3 is 2.42 bits per heavy atom. The molecule has 164 valence electrons. The second-order valence-electron chi connectivity index (χ2n) is 9.14. The summed E-state index contributed by atoms with van der Waals surface area (Å²) in [6.07, 6.45) is 6.91. The molecule has 8 nitrogen and oxygen atoms in total. The van der Waals surface area contributed by atoms with Gasteiger partial charge in [0.15, 0.2) is 5.82 Å². The van der Waals surface area contributed by atoms with Crippen LogP contribution in [0.1, 0.15) is 38.5 Å². The zero-order valence-electron chi connectivity index (χ0n) is 17.0. The normalized spacial score (nSPS) is 28.5. The fourth-order valence-corrected chi connectivity index (χ4v) is 6.69. The molecule has 0 spiro atoms. The van der Waals surface area contributed by atoms with E-state index in [2.05, 4.69) is 20.8 Å². The van der Waals surface area contributed by atoms with Gasteiger partial charge in [0.05, 0.1) is 11.3 Å². The molecule has 10 heteroatoms. The van der Waals surface area contributed by atoms with Crippen LogP contribution in [-0.2, 0) is 4.79 Å². The largest absolute Gasteiger partial charge is 0.335 e. The van der Waals surface area contributed by atoms with Crippen LogP contribution in [0.25, 0.3) is 11.4 Å². The van der Waals surface area contributed by atoms with Gasteiger partial charge in [-0.2, -0.15) is 0 Å². The SMILES string of the molecule is Nn1c(SCC(=O)NC(=O)NC23CC4CC(CC(C4)C2)C3)nnc1-c1ccccc1F. The first kappa shape index (κ1) is 20.3. The van der Waals surface area contributed by atoms with E-state index in [4.69, 9.17) is 5.84 Å². The van der Waals surface area contributed by atoms with Gasteiger partial charge in [-0.15, -0.1) is 10.2 Å². The Hall–Kier alpha value is -2.62. The van der Waals surface area contributed by atoms with Crippen LogP contribution in [0, 0.1) is 23.6 Å². The summed E-state index contributed by atoms with van der Waals surface area (Å²) in [7, 11) is 0. The first-order chi connectivity index (χ1) is 14.9. The number of urea groups is 1. The summed E-state index contributed by atoms with van der Waals surface area (Å²) in [5.74, 6) is 7.31. The van der Waals surface area contributed by atoms with Crippen LogP contribution in [0.5, 0.6) is 0 Å². The standard InChI is InChI=1S/C21H25FN6O2S/c22-16-4-2-1-3-15(16)18-26-27-20(28(18)23)31-11-17(29)24-19(30)25-21-8-12-5-13(9-21)7-14(6-12)10-21/h1-4,12-14H,5-11,23H2,(H2,24,25,29,30). The molecule has 4 N–H and O–H groups in total. The Bertz CT molecular complexity index is 990. The number of amides is 3. The molecule has 2 aromatic rings. The van der Waals surface area contributed by atoms with Crippen molar-refractivity contribution < 1.29 is 14.0 Å². The number of hydrogen-bond acceptors (Lipinski definition) is 6. The molecule has 6 rings (SSSR count). The van der Waals surface area contributed by atoms with Gasteiger partial charge in [-0.1, -0.05) is 23.9 Å². The highest BCUT2D eigenvalue weighted by atomic mass is 32.2. The summed E-state index contributed by atoms with van der Waals surface area (Å²) < 4.78 is 15.1. The van der Waals surface area contributed by atoms with E-state index in [1.165, 1.54) is 25.3 Å². The van der Waals surface area contributed by atoms with Crippen LogP contribution in [0.3, 0.4) is 0 Å². The second-order valence-corrected chi connectivity index (χ2v) is 10.1. The minimum Gasteiger partial charge on any atom is -0.335 e. The number of rotatable bonds is 5. The van der Waals surface area contributed by atoms with E-state index >= 15 is 0 Å². The number of nitrogens with two attached hydrogens (primary N) is 1. The zero-order valence-corrected chi connectivity index (χ0v) is 17.8. The molecule has 1 aromatic heterocycles. The Morgan fingerprint density at radius 2 is 1.77 bits per heavy atom. The zero-order chi connectivity index (χ0) is 21.6. The third kappa shape index (κ3) is 4.00. The van der Waals surface area contributed by atoms with E-state index in [1.54, 1.807) is 18.2 Å². The quantitative estimate of drug-likeness (QED) is 0.483. The molecule has 3 amide bonds. The monoisotopic (exact) mass is 444 g/mol. The Kier molecular flexibility index (Phi) is 5.11. The van der Waals surface area contributed by atoms with Gasteiger partial charge in [0.1, 0.15) is 5.82 Å². The van der Waals surface area contributed by atoms with Crippen LogP contribution in [-0.4, -0.2) is 38.1 Å². The molecule has 4 saturated carbocycles. The Balaban J connectivity index is 1.16. The average Bonchev–Trinajstić information content (AvgIpc) is 3.05. The van der Waals surface area contributed by atoms with E-state index in [0.29, 0.717) is 17.8 Å². The summed E-state index contributed by atoms with van der Waals surface area (Å²) in [6, 6.07) is 5.68. The molecule has 0 aliphatic heterocycles. The van der Waals surface area contributed by atoms with Crippen molar-refractivity contribution in [3.05, 3.63) is 30.1 Å². The number of halogens is 1. The lowest BCUT2D eigenvalue weighted by Gasteiger charge is -2.56. The lowest BCUT2D eigenvalue weighted by molar-refractivity contribution is -0.117. The van der Waals surface area contributed by atoms with Crippen LogP contribution in [0.2, 0.25) is 0 Å². The summed E-state index contributed by atoms with van der Waals surface area (Å²) in [5, 5.41) is 13.7. The van der Waals surface area contributed by atoms with Gasteiger partial charge in [-0.05, 0) is 68.4 Å². The molecule has 4 aliphatic carbocycles. The smallest absolute Gasteiger partial charge is 0.321 e. The van der Waals surface area contributed by atoms with Crippen LogP contribution < -0.4 is 16.5 Å². The molecule has 4 aliphatic rings. The molecular weight excluding hydrogens is 419 g/mol. The number of benzene rings is 1.